The van der Waals surface area contributed by atoms with Crippen molar-refractivity contribution < 1.29 is 42.6 Å². The van der Waals surface area contributed by atoms with Crippen LogP contribution in [0.5, 0.6) is 0 Å². The van der Waals surface area contributed by atoms with E-state index in [1.54, 1.807) is 54.6 Å². The lowest BCUT2D eigenvalue weighted by Gasteiger charge is -2.23. The Morgan fingerprint density at radius 1 is 0.929 bits per heavy atom. The molecule has 1 heterocycles. The molecule has 0 radical (unpaired) electrons. The predicted octanol–water partition coefficient (Wildman–Crippen LogP) is 4.42. The Balaban J connectivity index is 0.000000616. The normalized spacial score (nSPS) is 12.8. The second-order valence-electron chi connectivity index (χ2n) is 8.88. The zero-order chi connectivity index (χ0) is 31.0. The summed E-state index contributed by atoms with van der Waals surface area (Å²) >= 11 is 5.99. The number of nitrogen functional groups attached to an aromatic ring is 1. The van der Waals surface area contributed by atoms with E-state index in [1.165, 1.54) is 9.80 Å². The zero-order valence-corrected chi connectivity index (χ0v) is 22.4. The van der Waals surface area contributed by atoms with Crippen LogP contribution in [0.3, 0.4) is 0 Å². The maximum Gasteiger partial charge on any atom is 0.490 e. The number of carbonyl (C=O) groups is 4. The average molecular weight is 602 g/mol. The number of benzene rings is 3. The van der Waals surface area contributed by atoms with Crippen molar-refractivity contribution in [2.75, 3.05) is 23.7 Å². The number of amides is 2. The Hall–Kier alpha value is -5.02. The molecule has 3 aromatic rings. The van der Waals surface area contributed by atoms with Crippen LogP contribution in [0.15, 0.2) is 66.7 Å². The Kier molecular flexibility index (Phi) is 10.2. The highest BCUT2D eigenvalue weighted by Crippen LogP contribution is 2.29. The van der Waals surface area contributed by atoms with Gasteiger partial charge in [-0.15, -0.1) is 0 Å². The Bertz CT molecular complexity index is 1550. The fourth-order valence-corrected chi connectivity index (χ4v) is 3.84. The van der Waals surface area contributed by atoms with Gasteiger partial charge >= 0.3 is 18.1 Å². The smallest absolute Gasteiger partial charge is 0.481 e. The van der Waals surface area contributed by atoms with Crippen molar-refractivity contribution in [1.29, 1.82) is 0 Å². The zero-order valence-electron chi connectivity index (χ0n) is 21.7. The molecule has 3 aromatic carbocycles. The van der Waals surface area contributed by atoms with E-state index >= 15 is 0 Å². The van der Waals surface area contributed by atoms with Gasteiger partial charge in [0.15, 0.2) is 0 Å². The Morgan fingerprint density at radius 2 is 1.50 bits per heavy atom. The summed E-state index contributed by atoms with van der Waals surface area (Å²) in [5.74, 6) is 1.56. The van der Waals surface area contributed by atoms with Gasteiger partial charge < -0.3 is 25.7 Å². The maximum absolute atomic E-state index is 13.4. The number of carbonyl (C=O) groups excluding carboxylic acids is 2. The number of hydrogen-bond donors (Lipinski definition) is 3. The standard InChI is InChI=1S/C27H22ClN3O4.C2HF3O2/c28-21-8-3-20(4-9-21)16-31-24-12-7-19(2-1-18-5-10-22(29)11-6-18)15-23(24)27(35)30(17-25(31)32)14-13-26(33)34;3-2(4,5)1(6)7/h3-12,15H,13-14,16-17,29H2,(H,33,34);(H,6,7). The van der Waals surface area contributed by atoms with Gasteiger partial charge in [-0.3, -0.25) is 14.4 Å². The summed E-state index contributed by atoms with van der Waals surface area (Å²) in [6.45, 7) is -0.0597. The van der Waals surface area contributed by atoms with Gasteiger partial charge in [0.2, 0.25) is 5.91 Å². The number of anilines is 2. The fourth-order valence-electron chi connectivity index (χ4n) is 3.71. The largest absolute Gasteiger partial charge is 0.490 e. The van der Waals surface area contributed by atoms with Crippen molar-refractivity contribution in [2.45, 2.75) is 19.1 Å². The molecule has 13 heteroatoms. The van der Waals surface area contributed by atoms with Gasteiger partial charge in [0, 0.05) is 28.4 Å². The number of carboxylic acid groups (broad SMARTS) is 2. The van der Waals surface area contributed by atoms with Gasteiger partial charge in [0.1, 0.15) is 6.54 Å². The van der Waals surface area contributed by atoms with Crippen molar-refractivity contribution >= 4 is 46.7 Å². The van der Waals surface area contributed by atoms with Crippen LogP contribution in [0, 0.1) is 11.8 Å². The van der Waals surface area contributed by atoms with Gasteiger partial charge in [0.25, 0.3) is 5.91 Å². The summed E-state index contributed by atoms with van der Waals surface area (Å²) in [5.41, 5.74) is 9.29. The second kappa shape index (κ2) is 13.6. The molecule has 218 valence electrons. The van der Waals surface area contributed by atoms with Crippen LogP contribution in [0.1, 0.15) is 33.5 Å². The minimum atomic E-state index is -5.08. The molecule has 4 rings (SSSR count). The van der Waals surface area contributed by atoms with E-state index in [4.69, 9.17) is 32.3 Å². The van der Waals surface area contributed by atoms with Gasteiger partial charge in [0.05, 0.1) is 24.2 Å². The number of fused-ring (bicyclic) bond motifs is 1. The Labute approximate surface area is 242 Å². The van der Waals surface area contributed by atoms with Crippen molar-refractivity contribution in [3.8, 4) is 11.8 Å². The molecule has 9 nitrogen and oxygen atoms in total. The van der Waals surface area contributed by atoms with E-state index in [0.29, 0.717) is 27.5 Å². The molecule has 1 aliphatic rings. The minimum Gasteiger partial charge on any atom is -0.481 e. The molecular weight excluding hydrogens is 579 g/mol. The van der Waals surface area contributed by atoms with Crippen LogP contribution in [0.4, 0.5) is 24.5 Å². The molecule has 0 saturated carbocycles. The van der Waals surface area contributed by atoms with E-state index in [1.807, 2.05) is 12.1 Å². The number of rotatable bonds is 5. The molecule has 1 aliphatic heterocycles. The molecule has 4 N–H and O–H groups in total. The van der Waals surface area contributed by atoms with Crippen LogP contribution >= 0.6 is 11.6 Å². The second-order valence-corrected chi connectivity index (χ2v) is 9.32. The molecule has 0 aliphatic carbocycles. The van der Waals surface area contributed by atoms with E-state index in [-0.39, 0.29) is 32.0 Å². The summed E-state index contributed by atoms with van der Waals surface area (Å²) in [4.78, 5) is 49.4. The third kappa shape index (κ3) is 8.74. The molecule has 0 saturated heterocycles. The fraction of sp³-hybridized carbons (Fsp3) is 0.172. The van der Waals surface area contributed by atoms with Gasteiger partial charge in [-0.25, -0.2) is 4.79 Å². The van der Waals surface area contributed by atoms with Gasteiger partial charge in [-0.2, -0.15) is 13.2 Å². The molecule has 0 spiro atoms. The molecule has 0 atom stereocenters. The quantitative estimate of drug-likeness (QED) is 0.290. The number of aliphatic carboxylic acids is 2. The molecular formula is C29H23ClF3N3O6. The van der Waals surface area contributed by atoms with Crippen LogP contribution in [-0.2, 0) is 20.9 Å². The summed E-state index contributed by atoms with van der Waals surface area (Å²) in [5, 5.41) is 16.8. The average Bonchev–Trinajstić information content (AvgIpc) is 3.02. The van der Waals surface area contributed by atoms with E-state index in [0.717, 1.165) is 11.1 Å². The molecule has 0 fully saturated rings. The lowest BCUT2D eigenvalue weighted by atomic mass is 10.1. The number of hydrogen-bond acceptors (Lipinski definition) is 5. The van der Waals surface area contributed by atoms with E-state index in [9.17, 15) is 27.6 Å². The molecule has 0 aromatic heterocycles. The number of nitrogens with zero attached hydrogens (tertiary/aromatic N) is 2. The van der Waals surface area contributed by atoms with E-state index in [2.05, 4.69) is 11.8 Å². The molecule has 0 bridgehead atoms. The highest BCUT2D eigenvalue weighted by Gasteiger charge is 2.38. The number of halogens is 4. The number of nitrogens with two attached hydrogens (primary N) is 1. The van der Waals surface area contributed by atoms with Crippen molar-refractivity contribution in [3.63, 3.8) is 0 Å². The van der Waals surface area contributed by atoms with Crippen LogP contribution in [0.25, 0.3) is 0 Å². The minimum absolute atomic E-state index is 0.0739. The van der Waals surface area contributed by atoms with Crippen LogP contribution in [-0.4, -0.2) is 58.1 Å². The molecule has 2 amide bonds. The summed E-state index contributed by atoms with van der Waals surface area (Å²) in [7, 11) is 0. The summed E-state index contributed by atoms with van der Waals surface area (Å²) in [6, 6.07) is 19.3. The summed E-state index contributed by atoms with van der Waals surface area (Å²) in [6.07, 6.45) is -5.35. The van der Waals surface area contributed by atoms with Gasteiger partial charge in [-0.05, 0) is 60.2 Å². The van der Waals surface area contributed by atoms with Gasteiger partial charge in [-0.1, -0.05) is 35.6 Å². The van der Waals surface area contributed by atoms with Crippen molar-refractivity contribution in [3.05, 3.63) is 94.0 Å². The maximum atomic E-state index is 13.4. The lowest BCUT2D eigenvalue weighted by Crippen LogP contribution is -2.40. The first-order chi connectivity index (χ1) is 19.7. The SMILES string of the molecule is Nc1ccc(C#Cc2ccc3c(c2)C(=O)N(CCC(=O)O)CC(=O)N3Cc2ccc(Cl)cc2)cc1.O=C(O)C(F)(F)F. The molecule has 42 heavy (non-hydrogen) atoms. The van der Waals surface area contributed by atoms with Crippen molar-refractivity contribution in [2.24, 2.45) is 0 Å². The van der Waals surface area contributed by atoms with Crippen LogP contribution < -0.4 is 10.6 Å². The topological polar surface area (TPSA) is 141 Å². The lowest BCUT2D eigenvalue weighted by molar-refractivity contribution is -0.192. The third-order valence-electron chi connectivity index (χ3n) is 5.79. The van der Waals surface area contributed by atoms with E-state index < -0.39 is 24.0 Å². The highest BCUT2D eigenvalue weighted by molar-refractivity contribution is 6.30. The third-order valence-corrected chi connectivity index (χ3v) is 6.04. The first kappa shape index (κ1) is 31.5. The first-order valence-corrected chi connectivity index (χ1v) is 12.5. The highest BCUT2D eigenvalue weighted by atomic mass is 35.5. The predicted molar refractivity (Wildman–Crippen MR) is 148 cm³/mol. The number of alkyl halides is 3. The summed E-state index contributed by atoms with van der Waals surface area (Å²) < 4.78 is 31.7. The van der Waals surface area contributed by atoms with Crippen LogP contribution in [0.2, 0.25) is 5.02 Å². The monoisotopic (exact) mass is 601 g/mol. The Morgan fingerprint density at radius 3 is 2.07 bits per heavy atom. The molecule has 0 unspecified atom stereocenters. The number of carboxylic acids is 2. The van der Waals surface area contributed by atoms with Crippen molar-refractivity contribution in [1.82, 2.24) is 4.90 Å². The first-order valence-electron chi connectivity index (χ1n) is 12.1.